The largest absolute Gasteiger partial charge is 3.00 e. The molecule has 0 unspecified atom stereocenters. The van der Waals surface area contributed by atoms with Crippen LogP contribution in [0.15, 0.2) is 0 Å². The van der Waals surface area contributed by atoms with Crippen molar-refractivity contribution < 1.29 is 62.9 Å². The molecule has 0 amide bonds. The predicted octanol–water partition coefficient (Wildman–Crippen LogP) is -7.65. The number of hydrogen-bond donors (Lipinski definition) is 1. The van der Waals surface area contributed by atoms with Gasteiger partial charge in [-0.1, -0.05) is 0 Å². The van der Waals surface area contributed by atoms with Gasteiger partial charge in [0.1, 0.15) is 0 Å². The van der Waals surface area contributed by atoms with Crippen molar-refractivity contribution in [2.75, 3.05) is 0 Å². The molecule has 0 aliphatic rings. The van der Waals surface area contributed by atoms with E-state index in [4.69, 9.17) is 30.1 Å². The SMILES string of the molecule is [O-]B([O-])O.[O-]B([O-])[O-].[Sr+2].[Y+3]. The Morgan fingerprint density at radius 1 is 0.900 bits per heavy atom. The minimum Gasteiger partial charge on any atom is -0.907 e. The molecule has 48 valence electrons. The summed E-state index contributed by atoms with van der Waals surface area (Å²) in [6, 6.07) is 0. The maximum absolute atomic E-state index is 8.53. The second kappa shape index (κ2) is 17.5. The van der Waals surface area contributed by atoms with E-state index in [-0.39, 0.29) is 78.2 Å². The maximum Gasteiger partial charge on any atom is 3.00 e. The first kappa shape index (κ1) is 22.9. The van der Waals surface area contributed by atoms with Gasteiger partial charge in [-0.15, -0.1) is 0 Å². The van der Waals surface area contributed by atoms with Crippen LogP contribution in [0.3, 0.4) is 0 Å². The van der Waals surface area contributed by atoms with Crippen molar-refractivity contribution in [3.8, 4) is 0 Å². The molecule has 0 radical (unpaired) electrons. The Morgan fingerprint density at radius 2 is 0.900 bits per heavy atom. The van der Waals surface area contributed by atoms with Crippen LogP contribution in [0.25, 0.3) is 0 Å². The van der Waals surface area contributed by atoms with E-state index in [9.17, 15) is 0 Å². The molecule has 0 aliphatic carbocycles. The fourth-order valence-corrected chi connectivity index (χ4v) is 0. The molecule has 0 heterocycles. The molecule has 0 rings (SSSR count). The van der Waals surface area contributed by atoms with Gasteiger partial charge < -0.3 is 30.1 Å². The summed E-state index contributed by atoms with van der Waals surface area (Å²) in [6.45, 7) is 0. The molecule has 0 spiro atoms. The predicted molar refractivity (Wildman–Crippen MR) is 19.5 cm³/mol. The zero-order chi connectivity index (χ0) is 7.15. The maximum atomic E-state index is 8.53. The van der Waals surface area contributed by atoms with Gasteiger partial charge in [-0.3, -0.25) is 7.32 Å². The molecule has 0 atom stereocenters. The molecule has 0 bridgehead atoms. The molecule has 0 aromatic rings. The van der Waals surface area contributed by atoms with E-state index in [0.717, 1.165) is 0 Å². The topological polar surface area (TPSA) is 136 Å². The van der Waals surface area contributed by atoms with Gasteiger partial charge >= 0.3 is 78.2 Å². The molecule has 0 aromatic heterocycles. The van der Waals surface area contributed by atoms with Gasteiger partial charge in [-0.05, 0) is 0 Å². The zero-order valence-corrected chi connectivity index (χ0v) is 11.2. The van der Waals surface area contributed by atoms with Gasteiger partial charge in [0.2, 0.25) is 0 Å². The summed E-state index contributed by atoms with van der Waals surface area (Å²) >= 11 is 0. The summed E-state index contributed by atoms with van der Waals surface area (Å²) < 4.78 is 0. The summed E-state index contributed by atoms with van der Waals surface area (Å²) in [7, 11) is -5.58. The van der Waals surface area contributed by atoms with Crippen molar-refractivity contribution in [1.82, 2.24) is 0 Å². The summed E-state index contributed by atoms with van der Waals surface area (Å²) in [5, 5.41) is 49.2. The average molecular weight is 295 g/mol. The van der Waals surface area contributed by atoms with Crippen LogP contribution >= 0.6 is 0 Å². The third-order valence-electron chi connectivity index (χ3n) is 0. The van der Waals surface area contributed by atoms with Gasteiger partial charge in [0.15, 0.2) is 0 Å². The molecular formula is HB2O6SrY. The molecule has 0 fully saturated rings. The summed E-state index contributed by atoms with van der Waals surface area (Å²) in [4.78, 5) is 0. The van der Waals surface area contributed by atoms with E-state index in [1.807, 2.05) is 0 Å². The fourth-order valence-electron chi connectivity index (χ4n) is 0. The first-order valence-corrected chi connectivity index (χ1v) is 1.44. The Labute approximate surface area is 121 Å². The van der Waals surface area contributed by atoms with Crippen LogP contribution in [0.2, 0.25) is 0 Å². The molecule has 10 heteroatoms. The molecule has 1 N–H and O–H groups in total. The fraction of sp³-hybridized carbons (Fsp3) is 0. The standard InChI is InChI=1S/BHO3.BO3.Sr.Y/c2*2-1(3)4;;/h2H;;;/q-2;-3;+2;+3. The Bertz CT molecular complexity index is 31.2. The van der Waals surface area contributed by atoms with Gasteiger partial charge in [0.25, 0.3) is 0 Å². The quantitative estimate of drug-likeness (QED) is 0.441. The second-order valence-corrected chi connectivity index (χ2v) is 0.596. The minimum absolute atomic E-state index is 0. The van der Waals surface area contributed by atoms with Crippen molar-refractivity contribution >= 4 is 60.1 Å². The van der Waals surface area contributed by atoms with Crippen LogP contribution in [0.4, 0.5) is 0 Å². The van der Waals surface area contributed by atoms with Crippen LogP contribution in [0.5, 0.6) is 0 Å². The zero-order valence-electron chi connectivity index (χ0n) is 4.93. The molecular weight excluding hydrogens is 294 g/mol. The smallest absolute Gasteiger partial charge is 0.907 e. The Hall–Kier alpha value is 2.47. The van der Waals surface area contributed by atoms with Crippen LogP contribution in [0.1, 0.15) is 0 Å². The normalized spacial score (nSPS) is 5.40. The van der Waals surface area contributed by atoms with E-state index >= 15 is 0 Å². The Kier molecular flexibility index (Phi) is 40.1. The Balaban J connectivity index is -0.0000000300. The molecule has 6 nitrogen and oxygen atoms in total. The van der Waals surface area contributed by atoms with E-state index in [2.05, 4.69) is 0 Å². The first-order chi connectivity index (χ1) is 3.46. The van der Waals surface area contributed by atoms with Gasteiger partial charge in [-0.25, -0.2) is 0 Å². The van der Waals surface area contributed by atoms with Crippen LogP contribution in [-0.2, 0) is 32.7 Å². The van der Waals surface area contributed by atoms with Crippen molar-refractivity contribution in [2.24, 2.45) is 0 Å². The van der Waals surface area contributed by atoms with Gasteiger partial charge in [0.05, 0.1) is 7.32 Å². The van der Waals surface area contributed by atoms with E-state index < -0.39 is 14.6 Å². The van der Waals surface area contributed by atoms with Crippen LogP contribution < -0.4 is 25.1 Å². The molecule has 0 aliphatic heterocycles. The van der Waals surface area contributed by atoms with Crippen molar-refractivity contribution in [3.63, 3.8) is 0 Å². The van der Waals surface area contributed by atoms with Gasteiger partial charge in [-0.2, -0.15) is 0 Å². The third-order valence-corrected chi connectivity index (χ3v) is 0. The summed E-state index contributed by atoms with van der Waals surface area (Å²) in [6.07, 6.45) is 0. The van der Waals surface area contributed by atoms with Crippen LogP contribution in [-0.4, -0.2) is 65.1 Å². The van der Waals surface area contributed by atoms with Gasteiger partial charge in [0, 0.05) is 0 Å². The second-order valence-electron chi connectivity index (χ2n) is 0.596. The minimum atomic E-state index is -2.92. The van der Waals surface area contributed by atoms with Crippen molar-refractivity contribution in [2.45, 2.75) is 0 Å². The van der Waals surface area contributed by atoms with Crippen molar-refractivity contribution in [1.29, 1.82) is 0 Å². The summed E-state index contributed by atoms with van der Waals surface area (Å²) in [5.41, 5.74) is 0. The third kappa shape index (κ3) is 154. The van der Waals surface area contributed by atoms with Crippen molar-refractivity contribution in [3.05, 3.63) is 0 Å². The van der Waals surface area contributed by atoms with E-state index in [1.165, 1.54) is 0 Å². The van der Waals surface area contributed by atoms with E-state index in [0.29, 0.717) is 0 Å². The molecule has 0 saturated carbocycles. The monoisotopic (exact) mass is 296 g/mol. The Morgan fingerprint density at radius 3 is 0.900 bits per heavy atom. The first-order valence-electron chi connectivity index (χ1n) is 1.44. The number of rotatable bonds is 0. The molecule has 0 aromatic carbocycles. The average Bonchev–Trinajstić information content (AvgIpc) is 1.25. The molecule has 0 saturated heterocycles. The van der Waals surface area contributed by atoms with Crippen LogP contribution in [0, 0.1) is 0 Å². The van der Waals surface area contributed by atoms with E-state index in [1.54, 1.807) is 0 Å². The summed E-state index contributed by atoms with van der Waals surface area (Å²) in [5.74, 6) is 0. The molecule has 10 heavy (non-hydrogen) atoms. The number of hydrogen-bond acceptors (Lipinski definition) is 6.